The van der Waals surface area contributed by atoms with Crippen LogP contribution < -0.4 is 21.6 Å². The molecular formula is C49H72N4O22. The van der Waals surface area contributed by atoms with Gasteiger partial charge in [-0.2, -0.15) is 0 Å². The second kappa shape index (κ2) is 26.3. The van der Waals surface area contributed by atoms with Crippen LogP contribution in [0.1, 0.15) is 65.4 Å². The fourth-order valence-corrected chi connectivity index (χ4v) is 10.0. The average Bonchev–Trinajstić information content (AvgIpc) is 3.35. The first kappa shape index (κ1) is 58.4. The Morgan fingerprint density at radius 1 is 0.773 bits per heavy atom. The highest BCUT2D eigenvalue weighted by Gasteiger charge is 2.54. The van der Waals surface area contributed by atoms with E-state index in [1.54, 1.807) is 35.2 Å². The maximum atomic E-state index is 14.2. The lowest BCUT2D eigenvalue weighted by Crippen LogP contribution is -2.68. The summed E-state index contributed by atoms with van der Waals surface area (Å²) >= 11 is 0. The first-order chi connectivity index (χ1) is 35.8. The smallest absolute Gasteiger partial charge is 0.341 e. The molecule has 26 heteroatoms. The maximum Gasteiger partial charge on any atom is 0.341 e. The number of hydrogen-bond donors (Lipinski definition) is 11. The molecule has 26 nitrogen and oxygen atoms in total. The number of hydrogen-bond acceptors (Lipinski definition) is 22. The van der Waals surface area contributed by atoms with Crippen molar-refractivity contribution >= 4 is 34.6 Å². The number of fused-ring (bicyclic) bond motifs is 1. The van der Waals surface area contributed by atoms with Crippen molar-refractivity contribution in [3.05, 3.63) is 46.3 Å². The Morgan fingerprint density at radius 2 is 1.45 bits per heavy atom. The molecule has 0 bridgehead atoms. The lowest BCUT2D eigenvalue weighted by molar-refractivity contribution is -0.335. The molecule has 0 spiro atoms. The molecule has 420 valence electrons. The summed E-state index contributed by atoms with van der Waals surface area (Å²) < 4.78 is 53.8. The molecule has 4 amide bonds. The van der Waals surface area contributed by atoms with E-state index in [1.807, 2.05) is 6.92 Å². The van der Waals surface area contributed by atoms with Gasteiger partial charge in [0.15, 0.2) is 18.9 Å². The second-order valence-electron chi connectivity index (χ2n) is 19.7. The highest BCUT2D eigenvalue weighted by atomic mass is 16.7. The molecule has 1 aliphatic carbocycles. The van der Waals surface area contributed by atoms with Gasteiger partial charge in [-0.05, 0) is 44.7 Å². The Balaban J connectivity index is 1.09. The summed E-state index contributed by atoms with van der Waals surface area (Å²) in [5.74, 6) is -3.16. The van der Waals surface area contributed by atoms with Gasteiger partial charge in [-0.1, -0.05) is 31.5 Å². The van der Waals surface area contributed by atoms with Gasteiger partial charge >= 0.3 is 5.63 Å². The number of nitrogens with one attached hydrogen (secondary N) is 3. The number of ether oxygens (including phenoxy) is 8. The third kappa shape index (κ3) is 13.9. The van der Waals surface area contributed by atoms with E-state index in [-0.39, 0.29) is 50.5 Å². The Kier molecular flexibility index (Phi) is 20.5. The molecule has 5 fully saturated rings. The van der Waals surface area contributed by atoms with Crippen LogP contribution in [0.4, 0.5) is 0 Å². The molecule has 0 radical (unpaired) electrons. The summed E-state index contributed by atoms with van der Waals surface area (Å²) in [5.41, 5.74) is -0.250. The predicted molar refractivity (Wildman–Crippen MR) is 254 cm³/mol. The average molecular weight is 1070 g/mol. The zero-order valence-corrected chi connectivity index (χ0v) is 42.2. The van der Waals surface area contributed by atoms with Crippen molar-refractivity contribution in [2.75, 3.05) is 39.5 Å². The van der Waals surface area contributed by atoms with E-state index in [0.29, 0.717) is 30.5 Å². The lowest BCUT2D eigenvalue weighted by Gasteiger charge is -2.49. The Morgan fingerprint density at radius 3 is 2.11 bits per heavy atom. The number of para-hydroxylation sites is 1. The zero-order chi connectivity index (χ0) is 54.2. The molecule has 11 unspecified atom stereocenters. The van der Waals surface area contributed by atoms with Crippen LogP contribution in [0.3, 0.4) is 0 Å². The van der Waals surface area contributed by atoms with Gasteiger partial charge in [0.05, 0.1) is 50.2 Å². The van der Waals surface area contributed by atoms with E-state index in [0.717, 1.165) is 6.42 Å². The van der Waals surface area contributed by atoms with Crippen molar-refractivity contribution in [1.29, 1.82) is 0 Å². The number of rotatable bonds is 21. The van der Waals surface area contributed by atoms with Crippen LogP contribution in [-0.4, -0.2) is 225 Å². The van der Waals surface area contributed by atoms with Gasteiger partial charge in [0, 0.05) is 44.8 Å². The van der Waals surface area contributed by atoms with Crippen molar-refractivity contribution in [1.82, 2.24) is 20.9 Å². The molecule has 20 atom stereocenters. The van der Waals surface area contributed by atoms with Gasteiger partial charge in [-0.25, -0.2) is 4.79 Å². The minimum atomic E-state index is -1.82. The van der Waals surface area contributed by atoms with Crippen molar-refractivity contribution < 1.29 is 102 Å². The zero-order valence-electron chi connectivity index (χ0n) is 42.2. The molecule has 75 heavy (non-hydrogen) atoms. The van der Waals surface area contributed by atoms with Crippen LogP contribution in [0.2, 0.25) is 0 Å². The van der Waals surface area contributed by atoms with E-state index in [2.05, 4.69) is 16.0 Å². The second-order valence-corrected chi connectivity index (χ2v) is 19.7. The SMILES string of the molecule is CCC[C@H](OC1C(NC(C)=O)[C@H](O[C@@H]2CC(C(=O)NCCO[C@H]3OC(CO)[C@@H](O)C(OCc4cc5ccccc5oc4=O)C3O)C[C@H](NC(C)=O)C2O[C@@H]2OC(C)[C@@H](O)C(O)C2O)OC(CO)[C@@H]1O)C(=O)N1CCC1. The summed E-state index contributed by atoms with van der Waals surface area (Å²) in [5, 5.41) is 95.4. The minimum absolute atomic E-state index is 0.0961. The molecule has 2 aromatic rings. The van der Waals surface area contributed by atoms with Gasteiger partial charge in [0.1, 0.15) is 84.9 Å². The molecule has 1 saturated carbocycles. The van der Waals surface area contributed by atoms with Gasteiger partial charge in [-0.15, -0.1) is 0 Å². The summed E-state index contributed by atoms with van der Waals surface area (Å²) in [6, 6.07) is 5.85. The molecule has 7 rings (SSSR count). The monoisotopic (exact) mass is 1070 g/mol. The summed E-state index contributed by atoms with van der Waals surface area (Å²) in [7, 11) is 0. The van der Waals surface area contributed by atoms with Crippen molar-refractivity contribution in [2.24, 2.45) is 5.92 Å². The number of carbonyl (C=O) groups is 4. The fourth-order valence-electron chi connectivity index (χ4n) is 10.0. The van der Waals surface area contributed by atoms with Crippen LogP contribution in [0.5, 0.6) is 0 Å². The molecule has 1 aromatic carbocycles. The van der Waals surface area contributed by atoms with Crippen molar-refractivity contribution in [3.8, 4) is 0 Å². The van der Waals surface area contributed by atoms with Crippen LogP contribution in [-0.2, 0) is 63.7 Å². The standard InChI is InChI=1S/C49H72N4O22/c1-5-9-30(45(65)53-13-8-14-53)70-42-34(52-24(4)57)47(73-32(19-54)36(42)59)72-31-18-26(17-28(51-23(3)56)41(31)75-49-39(62)38(61)35(58)22(2)69-49)44(64)50-12-15-67-48-40(63)43(37(60)33(20-55)74-48)68-21-27-16-25-10-6-7-11-29(25)71-46(27)66/h6-7,10-11,16,22,26,28,30-43,47-49,54-55,58-63H,5,8-9,12-15,17-21H2,1-4H3,(H,50,64)(H,51,56)(H,52,57)/t22?,26?,28-,30-,31+,32?,33?,34?,35+,36-,37+,38?,39?,40?,41?,42?,43?,47+,48-,49-/m0/s1. The van der Waals surface area contributed by atoms with Gasteiger partial charge in [-0.3, -0.25) is 19.2 Å². The molecule has 4 saturated heterocycles. The molecule has 5 heterocycles. The predicted octanol–water partition coefficient (Wildman–Crippen LogP) is -3.87. The molecular weight excluding hydrogens is 997 g/mol. The summed E-state index contributed by atoms with van der Waals surface area (Å²) in [4.78, 5) is 67.8. The lowest BCUT2D eigenvalue weighted by atomic mass is 9.80. The summed E-state index contributed by atoms with van der Waals surface area (Å²) in [6.07, 6.45) is -23.8. The van der Waals surface area contributed by atoms with E-state index in [4.69, 9.17) is 42.3 Å². The van der Waals surface area contributed by atoms with Crippen molar-refractivity contribution in [3.63, 3.8) is 0 Å². The maximum absolute atomic E-state index is 14.2. The Bertz CT molecular complexity index is 2290. The largest absolute Gasteiger partial charge is 0.422 e. The molecule has 1 aromatic heterocycles. The number of carbonyl (C=O) groups excluding carboxylic acids is 4. The summed E-state index contributed by atoms with van der Waals surface area (Å²) in [6.45, 7) is 4.30. The quantitative estimate of drug-likeness (QED) is 0.0421. The number of nitrogens with zero attached hydrogens (tertiary/aromatic N) is 1. The van der Waals surface area contributed by atoms with E-state index in [1.165, 1.54) is 20.8 Å². The van der Waals surface area contributed by atoms with Gasteiger partial charge in [0.25, 0.3) is 5.91 Å². The highest BCUT2D eigenvalue weighted by Crippen LogP contribution is 2.37. The minimum Gasteiger partial charge on any atom is -0.422 e. The fraction of sp³-hybridized carbons (Fsp3) is 0.735. The highest BCUT2D eigenvalue weighted by molar-refractivity contribution is 5.82. The van der Waals surface area contributed by atoms with Crippen molar-refractivity contribution in [2.45, 2.75) is 183 Å². The van der Waals surface area contributed by atoms with Crippen LogP contribution >= 0.6 is 0 Å². The number of aliphatic hydroxyl groups is 8. The van der Waals surface area contributed by atoms with Crippen LogP contribution in [0.15, 0.2) is 39.5 Å². The Hall–Kier alpha value is -4.33. The normalized spacial score (nSPS) is 36.5. The molecule has 4 aliphatic heterocycles. The third-order valence-electron chi connectivity index (χ3n) is 14.2. The number of benzene rings is 1. The first-order valence-corrected chi connectivity index (χ1v) is 25.4. The van der Waals surface area contributed by atoms with E-state index in [9.17, 15) is 64.8 Å². The molecule has 11 N–H and O–H groups in total. The number of aliphatic hydroxyl groups excluding tert-OH is 8. The van der Waals surface area contributed by atoms with E-state index < -0.39 is 159 Å². The number of likely N-dealkylation sites (tertiary alicyclic amines) is 1. The number of amides is 4. The van der Waals surface area contributed by atoms with Crippen LogP contribution in [0.25, 0.3) is 11.0 Å². The topological polar surface area (TPSA) is 374 Å². The van der Waals surface area contributed by atoms with Gasteiger partial charge in [0.2, 0.25) is 17.7 Å². The van der Waals surface area contributed by atoms with E-state index >= 15 is 0 Å². The Labute approximate surface area is 431 Å². The third-order valence-corrected chi connectivity index (χ3v) is 14.2. The van der Waals surface area contributed by atoms with Gasteiger partial charge < -0.3 is 104 Å². The first-order valence-electron chi connectivity index (χ1n) is 25.4. The molecule has 5 aliphatic rings. The van der Waals surface area contributed by atoms with Crippen LogP contribution in [0, 0.1) is 5.92 Å².